The number of alkyl halides is 3. The van der Waals surface area contributed by atoms with Crippen LogP contribution in [0.2, 0.25) is 0 Å². The number of nitrogens with zero attached hydrogens (tertiary/aromatic N) is 3. The van der Waals surface area contributed by atoms with Gasteiger partial charge in [0.25, 0.3) is 11.8 Å². The summed E-state index contributed by atoms with van der Waals surface area (Å²) in [6, 6.07) is 15.5. The molecule has 0 spiro atoms. The summed E-state index contributed by atoms with van der Waals surface area (Å²) in [6.07, 6.45) is -3.05. The van der Waals surface area contributed by atoms with Gasteiger partial charge in [-0.05, 0) is 62.4 Å². The third-order valence-electron chi connectivity index (χ3n) is 5.61. The van der Waals surface area contributed by atoms with Gasteiger partial charge in [0.2, 0.25) is 5.88 Å². The number of benzene rings is 2. The van der Waals surface area contributed by atoms with Crippen molar-refractivity contribution in [2.45, 2.75) is 20.0 Å². The van der Waals surface area contributed by atoms with Crippen molar-refractivity contribution < 1.29 is 31.9 Å². The lowest BCUT2D eigenvalue weighted by molar-refractivity contribution is -0.137. The third kappa shape index (κ3) is 5.74. The predicted octanol–water partition coefficient (Wildman–Crippen LogP) is 6.25. The number of amides is 2. The fourth-order valence-electron chi connectivity index (χ4n) is 3.79. The number of aryl methyl sites for hydroxylation is 2. The van der Waals surface area contributed by atoms with Crippen LogP contribution in [0.25, 0.3) is 5.65 Å². The first-order chi connectivity index (χ1) is 18.5. The van der Waals surface area contributed by atoms with Crippen LogP contribution in [0.5, 0.6) is 11.6 Å². The predicted molar refractivity (Wildman–Crippen MR) is 135 cm³/mol. The van der Waals surface area contributed by atoms with Gasteiger partial charge < -0.3 is 19.8 Å². The van der Waals surface area contributed by atoms with Crippen LogP contribution in [-0.4, -0.2) is 26.4 Å². The third-order valence-corrected chi connectivity index (χ3v) is 5.61. The van der Waals surface area contributed by atoms with E-state index in [0.29, 0.717) is 34.2 Å². The molecule has 5 aromatic rings. The maximum absolute atomic E-state index is 12.8. The topological polar surface area (TPSA) is 111 Å². The number of aromatic nitrogens is 3. The molecule has 12 heteroatoms. The lowest BCUT2D eigenvalue weighted by atomic mass is 10.1. The van der Waals surface area contributed by atoms with Crippen LogP contribution in [0.3, 0.4) is 0 Å². The second kappa shape index (κ2) is 9.97. The first-order valence-corrected chi connectivity index (χ1v) is 11.6. The van der Waals surface area contributed by atoms with E-state index in [1.165, 1.54) is 10.7 Å². The Labute approximate surface area is 219 Å². The van der Waals surface area contributed by atoms with Crippen LogP contribution in [0, 0.1) is 13.8 Å². The number of imidazole rings is 1. The van der Waals surface area contributed by atoms with E-state index in [4.69, 9.17) is 9.15 Å². The summed E-state index contributed by atoms with van der Waals surface area (Å²) >= 11 is 0. The average Bonchev–Trinajstić information content (AvgIpc) is 3.44. The molecule has 0 aliphatic heterocycles. The van der Waals surface area contributed by atoms with E-state index in [0.717, 1.165) is 24.3 Å². The Morgan fingerprint density at radius 3 is 2.41 bits per heavy atom. The highest BCUT2D eigenvalue weighted by molar-refractivity contribution is 6.05. The van der Waals surface area contributed by atoms with Gasteiger partial charge in [0.05, 0.1) is 17.3 Å². The van der Waals surface area contributed by atoms with E-state index < -0.39 is 17.6 Å². The Morgan fingerprint density at radius 2 is 1.72 bits per heavy atom. The van der Waals surface area contributed by atoms with Crippen molar-refractivity contribution in [1.29, 1.82) is 0 Å². The molecule has 9 nitrogen and oxygen atoms in total. The molecule has 0 atom stereocenters. The Bertz CT molecular complexity index is 1690. The molecule has 0 aliphatic carbocycles. The van der Waals surface area contributed by atoms with Crippen molar-refractivity contribution in [1.82, 2.24) is 14.6 Å². The number of carbonyl (C=O) groups is 2. The highest BCUT2D eigenvalue weighted by Crippen LogP contribution is 2.29. The van der Waals surface area contributed by atoms with Crippen molar-refractivity contribution in [3.8, 4) is 11.6 Å². The van der Waals surface area contributed by atoms with Gasteiger partial charge >= 0.3 is 6.18 Å². The molecule has 0 saturated carbocycles. The Kier molecular flexibility index (Phi) is 6.52. The standard InChI is InChI=1S/C27H20F3N5O4/c1-15-12-21(16(2)38-15)26(37)31-19-4-3-5-20(13-19)39-24-11-10-23-32-22(14-35(23)34-24)33-25(36)17-6-8-18(9-7-17)27(28,29)30/h3-14H,1-2H3,(H,31,37)(H,33,36). The number of ether oxygens (including phenoxy) is 1. The minimum absolute atomic E-state index is 0.0436. The lowest BCUT2D eigenvalue weighted by Crippen LogP contribution is -2.13. The number of hydrogen-bond donors (Lipinski definition) is 2. The quantitative estimate of drug-likeness (QED) is 0.266. The summed E-state index contributed by atoms with van der Waals surface area (Å²) < 4.78 is 50.9. The maximum Gasteiger partial charge on any atom is 0.416 e. The molecular weight excluding hydrogens is 515 g/mol. The van der Waals surface area contributed by atoms with E-state index in [1.54, 1.807) is 56.3 Å². The summed E-state index contributed by atoms with van der Waals surface area (Å²) in [4.78, 5) is 29.3. The molecule has 2 aromatic carbocycles. The molecule has 0 bridgehead atoms. The van der Waals surface area contributed by atoms with E-state index >= 15 is 0 Å². The SMILES string of the molecule is Cc1cc(C(=O)Nc2cccc(Oc3ccc4nc(NC(=O)c5ccc(C(F)(F)F)cc5)cn4n3)c2)c(C)o1. The number of hydrogen-bond acceptors (Lipinski definition) is 6. The van der Waals surface area contributed by atoms with Crippen LogP contribution in [0.4, 0.5) is 24.7 Å². The van der Waals surface area contributed by atoms with Crippen LogP contribution in [-0.2, 0) is 6.18 Å². The Hall–Kier alpha value is -5.13. The van der Waals surface area contributed by atoms with Crippen molar-refractivity contribution in [3.63, 3.8) is 0 Å². The van der Waals surface area contributed by atoms with Gasteiger partial charge in [-0.3, -0.25) is 9.59 Å². The van der Waals surface area contributed by atoms with Gasteiger partial charge in [0.1, 0.15) is 17.3 Å². The highest BCUT2D eigenvalue weighted by atomic mass is 19.4. The van der Waals surface area contributed by atoms with Gasteiger partial charge in [-0.1, -0.05) is 6.07 Å². The summed E-state index contributed by atoms with van der Waals surface area (Å²) in [5.41, 5.74) is 0.540. The van der Waals surface area contributed by atoms with Gasteiger partial charge in [-0.15, -0.1) is 5.10 Å². The summed E-state index contributed by atoms with van der Waals surface area (Å²) in [6.45, 7) is 3.48. The fraction of sp³-hybridized carbons (Fsp3) is 0.111. The second-order valence-corrected chi connectivity index (χ2v) is 8.54. The van der Waals surface area contributed by atoms with Crippen molar-refractivity contribution in [2.24, 2.45) is 0 Å². The minimum Gasteiger partial charge on any atom is -0.466 e. The lowest BCUT2D eigenvalue weighted by Gasteiger charge is -2.08. The van der Waals surface area contributed by atoms with Crippen molar-refractivity contribution >= 4 is 29.0 Å². The number of furan rings is 1. The van der Waals surface area contributed by atoms with E-state index in [9.17, 15) is 22.8 Å². The molecule has 198 valence electrons. The summed E-state index contributed by atoms with van der Waals surface area (Å²) in [5, 5.41) is 9.66. The molecule has 0 saturated heterocycles. The van der Waals surface area contributed by atoms with Crippen LogP contribution < -0.4 is 15.4 Å². The molecular formula is C27H20F3N5O4. The van der Waals surface area contributed by atoms with Gasteiger partial charge in [-0.2, -0.15) is 13.2 Å². The van der Waals surface area contributed by atoms with Crippen molar-refractivity contribution in [2.75, 3.05) is 10.6 Å². The molecule has 2 amide bonds. The number of rotatable bonds is 6. The van der Waals surface area contributed by atoms with Gasteiger partial charge in [0, 0.05) is 23.4 Å². The molecule has 5 rings (SSSR count). The number of halogens is 3. The minimum atomic E-state index is -4.49. The molecule has 0 fully saturated rings. The smallest absolute Gasteiger partial charge is 0.416 e. The zero-order valence-electron chi connectivity index (χ0n) is 20.5. The molecule has 3 heterocycles. The number of anilines is 2. The molecule has 2 N–H and O–H groups in total. The molecule has 0 aliphatic rings. The molecule has 0 unspecified atom stereocenters. The first-order valence-electron chi connectivity index (χ1n) is 11.6. The number of fused-ring (bicyclic) bond motifs is 1. The summed E-state index contributed by atoms with van der Waals surface area (Å²) in [5.74, 6) is 0.997. The molecule has 0 radical (unpaired) electrons. The van der Waals surface area contributed by atoms with Crippen molar-refractivity contribution in [3.05, 3.63) is 101 Å². The largest absolute Gasteiger partial charge is 0.466 e. The zero-order chi connectivity index (χ0) is 27.7. The monoisotopic (exact) mass is 535 g/mol. The van der Waals surface area contributed by atoms with E-state index in [-0.39, 0.29) is 23.2 Å². The highest BCUT2D eigenvalue weighted by Gasteiger charge is 2.30. The fourth-order valence-corrected chi connectivity index (χ4v) is 3.79. The number of nitrogens with one attached hydrogen (secondary N) is 2. The van der Waals surface area contributed by atoms with Crippen LogP contribution in [0.1, 0.15) is 37.8 Å². The van der Waals surface area contributed by atoms with Gasteiger partial charge in [0.15, 0.2) is 11.5 Å². The maximum atomic E-state index is 12.8. The molecule has 3 aromatic heterocycles. The second-order valence-electron chi connectivity index (χ2n) is 8.54. The Balaban J connectivity index is 1.27. The first kappa shape index (κ1) is 25.5. The van der Waals surface area contributed by atoms with Crippen LogP contribution >= 0.6 is 0 Å². The molecule has 39 heavy (non-hydrogen) atoms. The zero-order valence-corrected chi connectivity index (χ0v) is 20.5. The number of carbonyl (C=O) groups excluding carboxylic acids is 2. The van der Waals surface area contributed by atoms with Crippen LogP contribution in [0.15, 0.2) is 77.3 Å². The summed E-state index contributed by atoms with van der Waals surface area (Å²) in [7, 11) is 0. The Morgan fingerprint density at radius 1 is 0.949 bits per heavy atom. The van der Waals surface area contributed by atoms with E-state index in [1.807, 2.05) is 0 Å². The van der Waals surface area contributed by atoms with Gasteiger partial charge in [-0.25, -0.2) is 9.50 Å². The normalized spacial score (nSPS) is 11.4. The van der Waals surface area contributed by atoms with E-state index in [2.05, 4.69) is 20.7 Å². The average molecular weight is 535 g/mol.